The van der Waals surface area contributed by atoms with Gasteiger partial charge in [-0.1, -0.05) is 0 Å². The van der Waals surface area contributed by atoms with Gasteiger partial charge < -0.3 is 25.3 Å². The highest BCUT2D eigenvalue weighted by atomic mass is 16.6. The normalized spacial score (nSPS) is 10.3. The summed E-state index contributed by atoms with van der Waals surface area (Å²) in [5.74, 6) is -0.589. The van der Waals surface area contributed by atoms with E-state index in [1.54, 1.807) is 18.2 Å². The first-order valence-electron chi connectivity index (χ1n) is 6.91. The lowest BCUT2D eigenvalue weighted by atomic mass is 10.1. The monoisotopic (exact) mass is 310 g/mol. The molecule has 0 saturated heterocycles. The first kappa shape index (κ1) is 17.9. The van der Waals surface area contributed by atoms with E-state index in [2.05, 4.69) is 10.1 Å². The summed E-state index contributed by atoms with van der Waals surface area (Å²) in [7, 11) is 1.30. The average Bonchev–Trinajstić information content (AvgIpc) is 2.49. The number of hydrogen-bond acceptors (Lipinski definition) is 6. The van der Waals surface area contributed by atoms with Crippen molar-refractivity contribution in [1.82, 2.24) is 5.32 Å². The van der Waals surface area contributed by atoms with Crippen molar-refractivity contribution < 1.29 is 23.8 Å². The molecule has 0 aliphatic rings. The molecule has 0 bridgehead atoms. The molecule has 122 valence electrons. The second kappa shape index (κ2) is 9.75. The highest BCUT2D eigenvalue weighted by molar-refractivity contribution is 5.95. The Labute approximate surface area is 129 Å². The van der Waals surface area contributed by atoms with Gasteiger partial charge in [0.25, 0.3) is 5.91 Å². The standard InChI is InChI=1S/C15H22N2O5/c1-11-9-12(16)3-4-13(11)15(19)17-5-6-21-7-8-22-10-14(18)20-2/h3-4,9H,5-8,10,16H2,1-2H3,(H,17,19). The molecule has 0 aliphatic carbocycles. The quantitative estimate of drug-likeness (QED) is 0.392. The summed E-state index contributed by atoms with van der Waals surface area (Å²) >= 11 is 0. The predicted molar refractivity (Wildman–Crippen MR) is 81.6 cm³/mol. The van der Waals surface area contributed by atoms with Gasteiger partial charge in [-0.25, -0.2) is 4.79 Å². The fourth-order valence-corrected chi connectivity index (χ4v) is 1.71. The SMILES string of the molecule is COC(=O)COCCOCCNC(=O)c1ccc(N)cc1C. The molecule has 7 nitrogen and oxygen atoms in total. The van der Waals surface area contributed by atoms with E-state index in [1.807, 2.05) is 6.92 Å². The average molecular weight is 310 g/mol. The first-order valence-corrected chi connectivity index (χ1v) is 6.91. The maximum absolute atomic E-state index is 11.9. The van der Waals surface area contributed by atoms with Gasteiger partial charge in [-0.15, -0.1) is 0 Å². The van der Waals surface area contributed by atoms with E-state index in [1.165, 1.54) is 7.11 Å². The molecule has 22 heavy (non-hydrogen) atoms. The number of benzene rings is 1. The van der Waals surface area contributed by atoms with Gasteiger partial charge in [-0.3, -0.25) is 4.79 Å². The third-order valence-corrected chi connectivity index (χ3v) is 2.85. The zero-order valence-electron chi connectivity index (χ0n) is 12.9. The van der Waals surface area contributed by atoms with E-state index in [0.717, 1.165) is 5.56 Å². The van der Waals surface area contributed by atoms with Crippen molar-refractivity contribution in [2.75, 3.05) is 45.8 Å². The van der Waals surface area contributed by atoms with Crippen LogP contribution in [-0.2, 0) is 19.0 Å². The molecule has 0 aromatic heterocycles. The van der Waals surface area contributed by atoms with Gasteiger partial charge in [0.05, 0.1) is 26.9 Å². The molecule has 1 aromatic carbocycles. The largest absolute Gasteiger partial charge is 0.467 e. The van der Waals surface area contributed by atoms with E-state index in [0.29, 0.717) is 37.6 Å². The van der Waals surface area contributed by atoms with Crippen molar-refractivity contribution in [3.8, 4) is 0 Å². The Bertz CT molecular complexity index is 505. The number of amides is 1. The Balaban J connectivity index is 2.12. The zero-order valence-corrected chi connectivity index (χ0v) is 12.9. The number of anilines is 1. The summed E-state index contributed by atoms with van der Waals surface area (Å²) in [6.45, 7) is 3.13. The number of carbonyl (C=O) groups is 2. The minimum atomic E-state index is -0.425. The lowest BCUT2D eigenvalue weighted by molar-refractivity contribution is -0.146. The summed E-state index contributed by atoms with van der Waals surface area (Å²) in [4.78, 5) is 22.7. The molecule has 3 N–H and O–H groups in total. The molecule has 0 radical (unpaired) electrons. The Morgan fingerprint density at radius 1 is 1.18 bits per heavy atom. The molecular weight excluding hydrogens is 288 g/mol. The van der Waals surface area contributed by atoms with Crippen LogP contribution >= 0.6 is 0 Å². The van der Waals surface area contributed by atoms with Crippen LogP contribution in [0.15, 0.2) is 18.2 Å². The number of esters is 1. The summed E-state index contributed by atoms with van der Waals surface area (Å²) in [6.07, 6.45) is 0. The summed E-state index contributed by atoms with van der Waals surface area (Å²) in [5, 5.41) is 2.76. The van der Waals surface area contributed by atoms with Crippen molar-refractivity contribution in [2.24, 2.45) is 0 Å². The number of hydrogen-bond donors (Lipinski definition) is 2. The Morgan fingerprint density at radius 3 is 2.59 bits per heavy atom. The lowest BCUT2D eigenvalue weighted by Gasteiger charge is -2.09. The van der Waals surface area contributed by atoms with Crippen LogP contribution in [0.5, 0.6) is 0 Å². The van der Waals surface area contributed by atoms with Gasteiger partial charge in [0.15, 0.2) is 0 Å². The van der Waals surface area contributed by atoms with Crippen LogP contribution in [-0.4, -0.2) is 52.0 Å². The molecule has 0 unspecified atom stereocenters. The third-order valence-electron chi connectivity index (χ3n) is 2.85. The Hall–Kier alpha value is -2.12. The fourth-order valence-electron chi connectivity index (χ4n) is 1.71. The summed E-state index contributed by atoms with van der Waals surface area (Å²) in [5.41, 5.74) is 7.69. The van der Waals surface area contributed by atoms with Crippen molar-refractivity contribution >= 4 is 17.6 Å². The minimum absolute atomic E-state index is 0.0903. The van der Waals surface area contributed by atoms with Gasteiger partial charge in [0.1, 0.15) is 6.61 Å². The number of aryl methyl sites for hydroxylation is 1. The van der Waals surface area contributed by atoms with Gasteiger partial charge >= 0.3 is 5.97 Å². The third kappa shape index (κ3) is 6.55. The second-order valence-corrected chi connectivity index (χ2v) is 4.57. The molecule has 1 amide bonds. The Morgan fingerprint density at radius 2 is 1.91 bits per heavy atom. The van der Waals surface area contributed by atoms with Crippen LogP contribution in [0.4, 0.5) is 5.69 Å². The van der Waals surface area contributed by atoms with Gasteiger partial charge in [-0.2, -0.15) is 0 Å². The van der Waals surface area contributed by atoms with E-state index in [-0.39, 0.29) is 12.5 Å². The molecule has 0 atom stereocenters. The summed E-state index contributed by atoms with van der Waals surface area (Å²) in [6, 6.07) is 5.14. The molecular formula is C15H22N2O5. The lowest BCUT2D eigenvalue weighted by Crippen LogP contribution is -2.28. The molecule has 0 aliphatic heterocycles. The molecule has 1 aromatic rings. The maximum Gasteiger partial charge on any atom is 0.331 e. The van der Waals surface area contributed by atoms with Gasteiger partial charge in [0.2, 0.25) is 0 Å². The van der Waals surface area contributed by atoms with Gasteiger partial charge in [-0.05, 0) is 30.7 Å². The van der Waals surface area contributed by atoms with Crippen molar-refractivity contribution in [1.29, 1.82) is 0 Å². The number of nitrogens with two attached hydrogens (primary N) is 1. The van der Waals surface area contributed by atoms with Crippen LogP contribution in [0.25, 0.3) is 0 Å². The number of ether oxygens (including phenoxy) is 3. The van der Waals surface area contributed by atoms with Crippen molar-refractivity contribution in [2.45, 2.75) is 6.92 Å². The predicted octanol–water partition coefficient (Wildman–Crippen LogP) is 0.513. The molecule has 0 fully saturated rings. The van der Waals surface area contributed by atoms with E-state index >= 15 is 0 Å². The number of methoxy groups -OCH3 is 1. The topological polar surface area (TPSA) is 99.9 Å². The van der Waals surface area contributed by atoms with Crippen LogP contribution in [0.2, 0.25) is 0 Å². The van der Waals surface area contributed by atoms with Crippen molar-refractivity contribution in [3.05, 3.63) is 29.3 Å². The number of rotatable bonds is 9. The van der Waals surface area contributed by atoms with Crippen LogP contribution < -0.4 is 11.1 Å². The van der Waals surface area contributed by atoms with E-state index in [9.17, 15) is 9.59 Å². The van der Waals surface area contributed by atoms with E-state index < -0.39 is 5.97 Å². The van der Waals surface area contributed by atoms with Crippen LogP contribution in [0.1, 0.15) is 15.9 Å². The van der Waals surface area contributed by atoms with Crippen molar-refractivity contribution in [3.63, 3.8) is 0 Å². The van der Waals surface area contributed by atoms with Gasteiger partial charge in [0, 0.05) is 17.8 Å². The Kier molecular flexibility index (Phi) is 7.95. The molecule has 0 heterocycles. The molecule has 0 saturated carbocycles. The number of carbonyl (C=O) groups excluding carboxylic acids is 2. The minimum Gasteiger partial charge on any atom is -0.467 e. The fraction of sp³-hybridized carbons (Fsp3) is 0.467. The number of nitrogen functional groups attached to an aromatic ring is 1. The molecule has 0 spiro atoms. The van der Waals surface area contributed by atoms with E-state index in [4.69, 9.17) is 15.2 Å². The molecule has 1 rings (SSSR count). The smallest absolute Gasteiger partial charge is 0.331 e. The summed E-state index contributed by atoms with van der Waals surface area (Å²) < 4.78 is 14.7. The van der Waals surface area contributed by atoms with Crippen LogP contribution in [0, 0.1) is 6.92 Å². The molecule has 7 heteroatoms. The second-order valence-electron chi connectivity index (χ2n) is 4.57. The number of nitrogens with one attached hydrogen (secondary N) is 1. The maximum atomic E-state index is 11.9. The highest BCUT2D eigenvalue weighted by Crippen LogP contribution is 2.11. The highest BCUT2D eigenvalue weighted by Gasteiger charge is 2.08. The first-order chi connectivity index (χ1) is 10.5. The van der Waals surface area contributed by atoms with Crippen LogP contribution in [0.3, 0.4) is 0 Å². The zero-order chi connectivity index (χ0) is 16.4.